The summed E-state index contributed by atoms with van der Waals surface area (Å²) in [6.07, 6.45) is 1.59. The van der Waals surface area contributed by atoms with Crippen LogP contribution in [-0.2, 0) is 5.60 Å². The molecule has 2 nitrogen and oxygen atoms in total. The molecular weight excluding hydrogens is 186 g/mol. The van der Waals surface area contributed by atoms with Gasteiger partial charge >= 0.3 is 0 Å². The Morgan fingerprint density at radius 2 is 1.92 bits per heavy atom. The zero-order chi connectivity index (χ0) is 10.5. The third kappa shape index (κ3) is 3.75. The Balaban J connectivity index is 0.000000671. The van der Waals surface area contributed by atoms with Gasteiger partial charge in [0.25, 0.3) is 0 Å². The second-order valence-electron chi connectivity index (χ2n) is 2.90. The standard InChI is InChI=1S/C8H10ClNO.C2H6/c1-8(2,11)6-4-3-5-10-7(6)9;1-2/h3-5,11H,1-2H3;1-2H3. The minimum Gasteiger partial charge on any atom is -0.386 e. The maximum Gasteiger partial charge on any atom is 0.135 e. The molecule has 1 N–H and O–H groups in total. The molecular formula is C10H16ClNO. The van der Waals surface area contributed by atoms with E-state index < -0.39 is 5.60 Å². The molecule has 74 valence electrons. The fourth-order valence-corrected chi connectivity index (χ4v) is 1.19. The van der Waals surface area contributed by atoms with Crippen molar-refractivity contribution in [1.29, 1.82) is 0 Å². The highest BCUT2D eigenvalue weighted by Gasteiger charge is 2.19. The number of aromatic nitrogens is 1. The van der Waals surface area contributed by atoms with Gasteiger partial charge in [0, 0.05) is 11.8 Å². The fraction of sp³-hybridized carbons (Fsp3) is 0.500. The molecule has 0 atom stereocenters. The van der Waals surface area contributed by atoms with Crippen molar-refractivity contribution in [3.8, 4) is 0 Å². The predicted octanol–water partition coefficient (Wildman–Crippen LogP) is 2.99. The first kappa shape index (κ1) is 12.4. The second-order valence-corrected chi connectivity index (χ2v) is 3.26. The van der Waals surface area contributed by atoms with Crippen molar-refractivity contribution in [2.45, 2.75) is 33.3 Å². The van der Waals surface area contributed by atoms with Gasteiger partial charge < -0.3 is 5.11 Å². The van der Waals surface area contributed by atoms with Crippen LogP contribution < -0.4 is 0 Å². The smallest absolute Gasteiger partial charge is 0.135 e. The van der Waals surface area contributed by atoms with E-state index in [0.29, 0.717) is 10.7 Å². The van der Waals surface area contributed by atoms with Crippen LogP contribution in [-0.4, -0.2) is 10.1 Å². The first-order chi connectivity index (χ1) is 6.02. The van der Waals surface area contributed by atoms with Gasteiger partial charge in [0.05, 0.1) is 5.60 Å². The van der Waals surface area contributed by atoms with Crippen molar-refractivity contribution >= 4 is 11.6 Å². The van der Waals surface area contributed by atoms with Gasteiger partial charge in [-0.1, -0.05) is 31.5 Å². The summed E-state index contributed by atoms with van der Waals surface area (Å²) in [5.41, 5.74) is -0.257. The summed E-state index contributed by atoms with van der Waals surface area (Å²) in [5.74, 6) is 0. The Bertz CT molecular complexity index is 255. The summed E-state index contributed by atoms with van der Waals surface area (Å²) in [4.78, 5) is 3.85. The average molecular weight is 202 g/mol. The van der Waals surface area contributed by atoms with Gasteiger partial charge in [0.15, 0.2) is 0 Å². The summed E-state index contributed by atoms with van der Waals surface area (Å²) in [5, 5.41) is 9.91. The SMILES string of the molecule is CC.CC(C)(O)c1cccnc1Cl. The van der Waals surface area contributed by atoms with Crippen molar-refractivity contribution in [1.82, 2.24) is 4.98 Å². The molecule has 0 amide bonds. The van der Waals surface area contributed by atoms with Crippen LogP contribution in [0.4, 0.5) is 0 Å². The van der Waals surface area contributed by atoms with Gasteiger partial charge in [-0.25, -0.2) is 4.98 Å². The summed E-state index contributed by atoms with van der Waals surface area (Å²) in [7, 11) is 0. The monoisotopic (exact) mass is 201 g/mol. The molecule has 0 radical (unpaired) electrons. The maximum atomic E-state index is 9.55. The predicted molar refractivity (Wildman–Crippen MR) is 55.8 cm³/mol. The molecule has 0 aliphatic heterocycles. The third-order valence-corrected chi connectivity index (χ3v) is 1.72. The zero-order valence-corrected chi connectivity index (χ0v) is 9.26. The van der Waals surface area contributed by atoms with Crippen molar-refractivity contribution in [2.75, 3.05) is 0 Å². The molecule has 0 spiro atoms. The Morgan fingerprint density at radius 1 is 1.38 bits per heavy atom. The summed E-state index contributed by atoms with van der Waals surface area (Å²) >= 11 is 5.74. The molecule has 1 heterocycles. The zero-order valence-electron chi connectivity index (χ0n) is 8.50. The molecule has 0 aliphatic carbocycles. The Hall–Kier alpha value is -0.600. The van der Waals surface area contributed by atoms with Crippen molar-refractivity contribution in [3.63, 3.8) is 0 Å². The number of aliphatic hydroxyl groups is 1. The summed E-state index contributed by atoms with van der Waals surface area (Å²) in [6, 6.07) is 3.51. The lowest BCUT2D eigenvalue weighted by Crippen LogP contribution is -2.16. The van der Waals surface area contributed by atoms with Crippen molar-refractivity contribution < 1.29 is 5.11 Å². The van der Waals surface area contributed by atoms with Gasteiger partial charge in [-0.15, -0.1) is 0 Å². The molecule has 13 heavy (non-hydrogen) atoms. The molecule has 3 heteroatoms. The number of hydrogen-bond donors (Lipinski definition) is 1. The molecule has 0 saturated heterocycles. The van der Waals surface area contributed by atoms with E-state index in [9.17, 15) is 5.11 Å². The molecule has 0 aliphatic rings. The lowest BCUT2D eigenvalue weighted by molar-refractivity contribution is 0.0783. The van der Waals surface area contributed by atoms with Gasteiger partial charge in [-0.2, -0.15) is 0 Å². The van der Waals surface area contributed by atoms with Gasteiger partial charge in [-0.3, -0.25) is 0 Å². The maximum absolute atomic E-state index is 9.55. The number of pyridine rings is 1. The van der Waals surface area contributed by atoms with Crippen LogP contribution in [0.3, 0.4) is 0 Å². The minimum atomic E-state index is -0.911. The molecule has 0 unspecified atom stereocenters. The first-order valence-electron chi connectivity index (χ1n) is 4.35. The van der Waals surface area contributed by atoms with E-state index in [2.05, 4.69) is 4.98 Å². The highest BCUT2D eigenvalue weighted by Crippen LogP contribution is 2.24. The van der Waals surface area contributed by atoms with Crippen LogP contribution in [0.5, 0.6) is 0 Å². The number of hydrogen-bond acceptors (Lipinski definition) is 2. The minimum absolute atomic E-state index is 0.361. The van der Waals surface area contributed by atoms with E-state index in [4.69, 9.17) is 11.6 Å². The molecule has 0 bridgehead atoms. The Kier molecular flexibility index (Phi) is 4.96. The Labute approximate surface area is 84.6 Å². The van der Waals surface area contributed by atoms with Crippen LogP contribution in [0.25, 0.3) is 0 Å². The van der Waals surface area contributed by atoms with E-state index in [1.807, 2.05) is 13.8 Å². The second kappa shape index (κ2) is 5.20. The number of nitrogens with zero attached hydrogens (tertiary/aromatic N) is 1. The number of rotatable bonds is 1. The average Bonchev–Trinajstić information content (AvgIpc) is 2.07. The van der Waals surface area contributed by atoms with Crippen LogP contribution >= 0.6 is 11.6 Å². The topological polar surface area (TPSA) is 33.1 Å². The van der Waals surface area contributed by atoms with E-state index in [1.54, 1.807) is 32.2 Å². The van der Waals surface area contributed by atoms with Crippen molar-refractivity contribution in [2.24, 2.45) is 0 Å². The molecule has 1 aromatic heterocycles. The van der Waals surface area contributed by atoms with Gasteiger partial charge in [-0.05, 0) is 19.9 Å². The highest BCUT2D eigenvalue weighted by molar-refractivity contribution is 6.30. The fourth-order valence-electron chi connectivity index (χ4n) is 0.842. The van der Waals surface area contributed by atoms with Gasteiger partial charge in [0.2, 0.25) is 0 Å². The van der Waals surface area contributed by atoms with Crippen LogP contribution in [0.1, 0.15) is 33.3 Å². The summed E-state index contributed by atoms with van der Waals surface area (Å²) < 4.78 is 0. The van der Waals surface area contributed by atoms with Gasteiger partial charge in [0.1, 0.15) is 5.15 Å². The molecule has 0 saturated carbocycles. The van der Waals surface area contributed by atoms with E-state index in [0.717, 1.165) is 0 Å². The Morgan fingerprint density at radius 3 is 2.23 bits per heavy atom. The normalized spacial score (nSPS) is 10.3. The molecule has 0 aromatic carbocycles. The lowest BCUT2D eigenvalue weighted by Gasteiger charge is -2.17. The van der Waals surface area contributed by atoms with Crippen LogP contribution in [0, 0.1) is 0 Å². The van der Waals surface area contributed by atoms with Crippen molar-refractivity contribution in [3.05, 3.63) is 29.0 Å². The largest absolute Gasteiger partial charge is 0.386 e. The quantitative estimate of drug-likeness (QED) is 0.709. The van der Waals surface area contributed by atoms with E-state index >= 15 is 0 Å². The van der Waals surface area contributed by atoms with Crippen LogP contribution in [0.15, 0.2) is 18.3 Å². The van der Waals surface area contributed by atoms with Crippen LogP contribution in [0.2, 0.25) is 5.15 Å². The lowest BCUT2D eigenvalue weighted by atomic mass is 10.0. The molecule has 1 aromatic rings. The van der Waals surface area contributed by atoms with E-state index in [-0.39, 0.29) is 0 Å². The number of halogens is 1. The molecule has 1 rings (SSSR count). The molecule has 0 fully saturated rings. The first-order valence-corrected chi connectivity index (χ1v) is 4.73. The summed E-state index contributed by atoms with van der Waals surface area (Å²) in [6.45, 7) is 7.35. The third-order valence-electron chi connectivity index (χ3n) is 1.42. The highest BCUT2D eigenvalue weighted by atomic mass is 35.5. The van der Waals surface area contributed by atoms with E-state index in [1.165, 1.54) is 0 Å².